The van der Waals surface area contributed by atoms with Crippen LogP contribution in [0.4, 0.5) is 10.3 Å². The van der Waals surface area contributed by atoms with Crippen molar-refractivity contribution >= 4 is 11.9 Å². The molecule has 0 radical (unpaired) electrons. The minimum atomic E-state index is -0.508. The maximum absolute atomic E-state index is 13.8. The molecule has 2 aromatic rings. The van der Waals surface area contributed by atoms with Gasteiger partial charge in [0.25, 0.3) is 0 Å². The second-order valence-corrected chi connectivity index (χ2v) is 7.07. The summed E-state index contributed by atoms with van der Waals surface area (Å²) in [7, 11) is 0. The first-order chi connectivity index (χ1) is 14.1. The molecule has 29 heavy (non-hydrogen) atoms. The second kappa shape index (κ2) is 7.82. The first-order valence-corrected chi connectivity index (χ1v) is 9.23. The van der Waals surface area contributed by atoms with Crippen LogP contribution in [0.2, 0.25) is 0 Å². The number of hydrogen-bond acceptors (Lipinski definition) is 7. The molecular weight excluding hydrogens is 375 g/mol. The van der Waals surface area contributed by atoms with Crippen LogP contribution in [0.25, 0.3) is 0 Å². The predicted molar refractivity (Wildman–Crippen MR) is 98.2 cm³/mol. The van der Waals surface area contributed by atoms with Crippen molar-refractivity contribution in [2.45, 2.75) is 31.3 Å². The highest BCUT2D eigenvalue weighted by Gasteiger charge is 2.42. The van der Waals surface area contributed by atoms with Crippen molar-refractivity contribution in [3.05, 3.63) is 53.1 Å². The van der Waals surface area contributed by atoms with Gasteiger partial charge < -0.3 is 5.32 Å². The molecule has 9 heteroatoms. The summed E-state index contributed by atoms with van der Waals surface area (Å²) in [5.74, 6) is -0.527. The summed E-state index contributed by atoms with van der Waals surface area (Å²) in [4.78, 5) is 26.6. The van der Waals surface area contributed by atoms with Crippen LogP contribution in [0.1, 0.15) is 42.1 Å². The second-order valence-electron chi connectivity index (χ2n) is 7.07. The first kappa shape index (κ1) is 18.8. The van der Waals surface area contributed by atoms with Gasteiger partial charge in [-0.05, 0) is 42.7 Å². The predicted octanol–water partition coefficient (Wildman–Crippen LogP) is 2.45. The van der Waals surface area contributed by atoms with E-state index in [0.717, 1.165) is 6.07 Å². The van der Waals surface area contributed by atoms with Gasteiger partial charge in [0, 0.05) is 24.6 Å². The standard InChI is InChI=1S/C20H17FN6O2/c21-15-6-12(10-22)5-13(7-15)18-2-4-29-27(18)19(28)14-8-17(9-14)26-20-24-3-1-16(11-23)25-20/h1,3,5-7,14,17-18H,2,4,8-9H2,(H,24,25,26)/t14-,17+,18-/m0/s1. The Bertz CT molecular complexity index is 1020. The largest absolute Gasteiger partial charge is 0.351 e. The number of nitriles is 2. The van der Waals surface area contributed by atoms with E-state index in [2.05, 4.69) is 15.3 Å². The number of nitrogens with one attached hydrogen (secondary N) is 1. The topological polar surface area (TPSA) is 115 Å². The maximum Gasteiger partial charge on any atom is 0.249 e. The number of carbonyl (C=O) groups excluding carboxylic acids is 1. The summed E-state index contributed by atoms with van der Waals surface area (Å²) < 4.78 is 13.8. The average molecular weight is 392 g/mol. The molecule has 0 bridgehead atoms. The maximum atomic E-state index is 13.8. The number of rotatable bonds is 4. The highest BCUT2D eigenvalue weighted by Crippen LogP contribution is 2.37. The number of hydroxylamine groups is 2. The van der Waals surface area contributed by atoms with Crippen LogP contribution in [0, 0.1) is 34.4 Å². The van der Waals surface area contributed by atoms with Crippen molar-refractivity contribution in [3.8, 4) is 12.1 Å². The first-order valence-electron chi connectivity index (χ1n) is 9.23. The number of carbonyl (C=O) groups is 1. The molecule has 1 amide bonds. The molecule has 1 N–H and O–H groups in total. The Hall–Kier alpha value is -3.56. The van der Waals surface area contributed by atoms with Gasteiger partial charge in [0.2, 0.25) is 11.9 Å². The summed E-state index contributed by atoms with van der Waals surface area (Å²) in [5, 5.41) is 22.4. The molecule has 1 saturated carbocycles. The number of hydrogen-bond donors (Lipinski definition) is 1. The molecule has 1 aromatic carbocycles. The Balaban J connectivity index is 1.39. The molecule has 2 fully saturated rings. The van der Waals surface area contributed by atoms with E-state index in [1.165, 1.54) is 23.4 Å². The van der Waals surface area contributed by atoms with Crippen molar-refractivity contribution in [1.82, 2.24) is 15.0 Å². The smallest absolute Gasteiger partial charge is 0.249 e. The fourth-order valence-corrected chi connectivity index (χ4v) is 3.65. The van der Waals surface area contributed by atoms with Crippen molar-refractivity contribution in [2.75, 3.05) is 11.9 Å². The van der Waals surface area contributed by atoms with E-state index in [1.54, 1.807) is 6.07 Å². The van der Waals surface area contributed by atoms with Gasteiger partial charge in [0.05, 0.1) is 24.3 Å². The third-order valence-electron chi connectivity index (χ3n) is 5.15. The molecule has 1 aliphatic carbocycles. The van der Waals surface area contributed by atoms with E-state index in [9.17, 15) is 9.18 Å². The Morgan fingerprint density at radius 2 is 2.10 bits per heavy atom. The quantitative estimate of drug-likeness (QED) is 0.850. The molecule has 1 aliphatic heterocycles. The summed E-state index contributed by atoms with van der Waals surface area (Å²) in [5.41, 5.74) is 1.05. The minimum absolute atomic E-state index is 0.0262. The van der Waals surface area contributed by atoms with Crippen LogP contribution >= 0.6 is 0 Å². The Morgan fingerprint density at radius 1 is 1.28 bits per heavy atom. The normalized spacial score (nSPS) is 23.0. The van der Waals surface area contributed by atoms with Crippen LogP contribution in [-0.2, 0) is 9.63 Å². The van der Waals surface area contributed by atoms with Gasteiger partial charge in [-0.15, -0.1) is 0 Å². The van der Waals surface area contributed by atoms with Crippen LogP contribution in [0.15, 0.2) is 30.5 Å². The van der Waals surface area contributed by atoms with Gasteiger partial charge in [-0.25, -0.2) is 19.4 Å². The van der Waals surface area contributed by atoms with E-state index < -0.39 is 11.9 Å². The lowest BCUT2D eigenvalue weighted by atomic mass is 9.79. The molecular formula is C20H17FN6O2. The SMILES string of the molecule is N#Cc1cc(F)cc([C@@H]2CCON2C(=O)[C@H]2C[C@@H](Nc3nccc(C#N)n3)C2)c1. The number of anilines is 1. The molecule has 2 aliphatic rings. The Morgan fingerprint density at radius 3 is 2.86 bits per heavy atom. The molecule has 0 unspecified atom stereocenters. The Labute approximate surface area is 166 Å². The van der Waals surface area contributed by atoms with Crippen molar-refractivity contribution in [3.63, 3.8) is 0 Å². The van der Waals surface area contributed by atoms with Crippen molar-refractivity contribution in [2.24, 2.45) is 5.92 Å². The number of aromatic nitrogens is 2. The number of nitrogens with zero attached hydrogens (tertiary/aromatic N) is 5. The summed E-state index contributed by atoms with van der Waals surface area (Å²) in [6.45, 7) is 0.359. The number of benzene rings is 1. The zero-order valence-electron chi connectivity index (χ0n) is 15.4. The number of halogens is 1. The zero-order valence-corrected chi connectivity index (χ0v) is 15.4. The van der Waals surface area contributed by atoms with E-state index in [4.69, 9.17) is 15.4 Å². The molecule has 8 nitrogen and oxygen atoms in total. The molecule has 0 spiro atoms. The average Bonchev–Trinajstić information content (AvgIpc) is 3.19. The monoisotopic (exact) mass is 392 g/mol. The summed E-state index contributed by atoms with van der Waals surface area (Å²) in [6, 6.07) is 9.12. The lowest BCUT2D eigenvalue weighted by molar-refractivity contribution is -0.184. The van der Waals surface area contributed by atoms with E-state index >= 15 is 0 Å². The third-order valence-corrected chi connectivity index (χ3v) is 5.15. The van der Waals surface area contributed by atoms with Gasteiger partial charge in [-0.2, -0.15) is 10.5 Å². The van der Waals surface area contributed by atoms with Gasteiger partial charge in [0.1, 0.15) is 17.6 Å². The summed E-state index contributed by atoms with van der Waals surface area (Å²) >= 11 is 0. The van der Waals surface area contributed by atoms with Gasteiger partial charge in [-0.1, -0.05) is 0 Å². The molecule has 2 heterocycles. The highest BCUT2D eigenvalue weighted by molar-refractivity contribution is 5.80. The molecule has 146 valence electrons. The van der Waals surface area contributed by atoms with Crippen LogP contribution in [-0.4, -0.2) is 33.6 Å². The lowest BCUT2D eigenvalue weighted by Crippen LogP contribution is -2.45. The van der Waals surface area contributed by atoms with Gasteiger partial charge in [0.15, 0.2) is 0 Å². The van der Waals surface area contributed by atoms with Crippen LogP contribution in [0.3, 0.4) is 0 Å². The fraction of sp³-hybridized carbons (Fsp3) is 0.350. The summed E-state index contributed by atoms with van der Waals surface area (Å²) in [6.07, 6.45) is 3.21. The highest BCUT2D eigenvalue weighted by atomic mass is 19.1. The number of amides is 1. The van der Waals surface area contributed by atoms with Gasteiger partial charge >= 0.3 is 0 Å². The fourth-order valence-electron chi connectivity index (χ4n) is 3.65. The van der Waals surface area contributed by atoms with Gasteiger partial charge in [-0.3, -0.25) is 9.63 Å². The van der Waals surface area contributed by atoms with E-state index in [-0.39, 0.29) is 29.1 Å². The van der Waals surface area contributed by atoms with Crippen LogP contribution in [0.5, 0.6) is 0 Å². The molecule has 1 aromatic heterocycles. The van der Waals surface area contributed by atoms with Crippen molar-refractivity contribution < 1.29 is 14.0 Å². The van der Waals surface area contributed by atoms with Crippen LogP contribution < -0.4 is 5.32 Å². The minimum Gasteiger partial charge on any atom is -0.351 e. The van der Waals surface area contributed by atoms with E-state index in [0.29, 0.717) is 37.4 Å². The third kappa shape index (κ3) is 3.86. The van der Waals surface area contributed by atoms with E-state index in [1.807, 2.05) is 12.1 Å². The zero-order chi connectivity index (χ0) is 20.4. The van der Waals surface area contributed by atoms with Crippen molar-refractivity contribution in [1.29, 1.82) is 10.5 Å². The molecule has 1 atom stereocenters. The molecule has 1 saturated heterocycles. The molecule has 4 rings (SSSR count). The lowest BCUT2D eigenvalue weighted by Gasteiger charge is -2.37. The Kier molecular flexibility index (Phi) is 5.07.